The van der Waals surface area contributed by atoms with Gasteiger partial charge < -0.3 is 9.72 Å². The molecule has 0 radical (unpaired) electrons. The van der Waals surface area contributed by atoms with Gasteiger partial charge in [-0.25, -0.2) is 4.39 Å². The Balaban J connectivity index is 1.78. The average Bonchev–Trinajstić information content (AvgIpc) is 3.05. The maximum atomic E-state index is 13.4. The number of benzene rings is 1. The fourth-order valence-electron chi connectivity index (χ4n) is 2.72. The third kappa shape index (κ3) is 2.60. The SMILES string of the molecule is COc1cncc(-c2ccc3[nH]c(-c4cncc(F)c4)cc3c2)c1. The summed E-state index contributed by atoms with van der Waals surface area (Å²) in [5.41, 5.74) is 4.55. The zero-order valence-electron chi connectivity index (χ0n) is 13.0. The number of nitrogens with zero attached hydrogens (tertiary/aromatic N) is 2. The number of pyridine rings is 2. The molecule has 0 aliphatic carbocycles. The minimum atomic E-state index is -0.352. The average molecular weight is 319 g/mol. The molecule has 1 N–H and O–H groups in total. The van der Waals surface area contributed by atoms with Crippen molar-refractivity contribution in [2.45, 2.75) is 0 Å². The third-order valence-corrected chi connectivity index (χ3v) is 3.92. The Bertz CT molecular complexity index is 1030. The largest absolute Gasteiger partial charge is 0.495 e. The number of aromatic nitrogens is 3. The van der Waals surface area contributed by atoms with E-state index in [0.717, 1.165) is 33.3 Å². The molecule has 24 heavy (non-hydrogen) atoms. The van der Waals surface area contributed by atoms with Crippen molar-refractivity contribution >= 4 is 10.9 Å². The van der Waals surface area contributed by atoms with Gasteiger partial charge in [0.1, 0.15) is 11.6 Å². The molecule has 0 aliphatic heterocycles. The second-order valence-corrected chi connectivity index (χ2v) is 5.49. The molecule has 3 heterocycles. The Morgan fingerprint density at radius 1 is 0.875 bits per heavy atom. The first-order valence-corrected chi connectivity index (χ1v) is 7.46. The van der Waals surface area contributed by atoms with Gasteiger partial charge in [0.15, 0.2) is 0 Å². The summed E-state index contributed by atoms with van der Waals surface area (Å²) in [4.78, 5) is 11.4. The smallest absolute Gasteiger partial charge is 0.142 e. The highest BCUT2D eigenvalue weighted by atomic mass is 19.1. The molecule has 5 heteroatoms. The lowest BCUT2D eigenvalue weighted by atomic mass is 10.1. The van der Waals surface area contributed by atoms with Crippen molar-refractivity contribution < 1.29 is 9.13 Å². The van der Waals surface area contributed by atoms with Gasteiger partial charge in [0.25, 0.3) is 0 Å². The van der Waals surface area contributed by atoms with Gasteiger partial charge in [-0.05, 0) is 35.9 Å². The van der Waals surface area contributed by atoms with Gasteiger partial charge >= 0.3 is 0 Å². The molecule has 0 bridgehead atoms. The Morgan fingerprint density at radius 2 is 1.71 bits per heavy atom. The number of nitrogens with one attached hydrogen (secondary N) is 1. The highest BCUT2D eigenvalue weighted by Gasteiger charge is 2.07. The number of hydrogen-bond donors (Lipinski definition) is 1. The monoisotopic (exact) mass is 319 g/mol. The van der Waals surface area contributed by atoms with Gasteiger partial charge in [0, 0.05) is 40.1 Å². The molecule has 0 atom stereocenters. The van der Waals surface area contributed by atoms with Crippen LogP contribution in [-0.2, 0) is 0 Å². The number of halogens is 1. The minimum Gasteiger partial charge on any atom is -0.495 e. The summed E-state index contributed by atoms with van der Waals surface area (Å²) in [5.74, 6) is 0.363. The molecule has 0 amide bonds. The van der Waals surface area contributed by atoms with E-state index in [2.05, 4.69) is 21.0 Å². The number of fused-ring (bicyclic) bond motifs is 1. The predicted octanol–water partition coefficient (Wildman–Crippen LogP) is 4.44. The fourth-order valence-corrected chi connectivity index (χ4v) is 2.72. The second kappa shape index (κ2) is 5.77. The maximum Gasteiger partial charge on any atom is 0.142 e. The van der Waals surface area contributed by atoms with Crippen molar-refractivity contribution in [1.82, 2.24) is 15.0 Å². The lowest BCUT2D eigenvalue weighted by Crippen LogP contribution is -1.86. The van der Waals surface area contributed by atoms with Crippen molar-refractivity contribution in [3.63, 3.8) is 0 Å². The van der Waals surface area contributed by atoms with Crippen LogP contribution in [-0.4, -0.2) is 22.1 Å². The normalized spacial score (nSPS) is 10.9. The molecule has 4 aromatic rings. The molecule has 0 aliphatic rings. The van der Waals surface area contributed by atoms with E-state index in [4.69, 9.17) is 4.74 Å². The van der Waals surface area contributed by atoms with Crippen molar-refractivity contribution in [1.29, 1.82) is 0 Å². The Morgan fingerprint density at radius 3 is 2.54 bits per heavy atom. The molecule has 0 saturated heterocycles. The summed E-state index contributed by atoms with van der Waals surface area (Å²) in [6, 6.07) is 11.5. The number of H-pyrrole nitrogens is 1. The number of methoxy groups -OCH3 is 1. The minimum absolute atomic E-state index is 0.352. The van der Waals surface area contributed by atoms with E-state index >= 15 is 0 Å². The number of hydrogen-bond acceptors (Lipinski definition) is 3. The predicted molar refractivity (Wildman–Crippen MR) is 91.3 cm³/mol. The first kappa shape index (κ1) is 14.4. The van der Waals surface area contributed by atoms with Crippen molar-refractivity contribution in [3.8, 4) is 28.1 Å². The van der Waals surface area contributed by atoms with Crippen LogP contribution in [0.15, 0.2) is 61.2 Å². The van der Waals surface area contributed by atoms with Gasteiger partial charge in [0.2, 0.25) is 0 Å². The lowest BCUT2D eigenvalue weighted by molar-refractivity contribution is 0.413. The lowest BCUT2D eigenvalue weighted by Gasteiger charge is -2.04. The molecule has 3 aromatic heterocycles. The summed E-state index contributed by atoms with van der Waals surface area (Å²) < 4.78 is 18.6. The standard InChI is InChI=1S/C19H14FN3O/c1-24-17-6-14(8-22-11-17)12-2-3-18-13(4-12)7-19(23-18)15-5-16(20)10-21-9-15/h2-11,23H,1H3. The highest BCUT2D eigenvalue weighted by Crippen LogP contribution is 2.29. The molecule has 118 valence electrons. The van der Waals surface area contributed by atoms with E-state index in [0.29, 0.717) is 5.75 Å². The van der Waals surface area contributed by atoms with Crippen molar-refractivity contribution in [2.24, 2.45) is 0 Å². The van der Waals surface area contributed by atoms with Gasteiger partial charge in [0.05, 0.1) is 19.5 Å². The molecule has 4 rings (SSSR count). The third-order valence-electron chi connectivity index (χ3n) is 3.92. The van der Waals surface area contributed by atoms with E-state index in [9.17, 15) is 4.39 Å². The molecule has 1 aromatic carbocycles. The Kier molecular flexibility index (Phi) is 3.46. The van der Waals surface area contributed by atoms with Crippen LogP contribution in [0.5, 0.6) is 5.75 Å². The van der Waals surface area contributed by atoms with Crippen LogP contribution >= 0.6 is 0 Å². The fraction of sp³-hybridized carbons (Fsp3) is 0.0526. The zero-order valence-corrected chi connectivity index (χ0v) is 13.0. The van der Waals surface area contributed by atoms with Crippen molar-refractivity contribution in [3.05, 3.63) is 67.0 Å². The van der Waals surface area contributed by atoms with Gasteiger partial charge in [-0.1, -0.05) is 6.07 Å². The first-order valence-electron chi connectivity index (χ1n) is 7.46. The molecule has 0 fully saturated rings. The summed E-state index contributed by atoms with van der Waals surface area (Å²) in [7, 11) is 1.62. The molecular formula is C19H14FN3O. The topological polar surface area (TPSA) is 50.8 Å². The van der Waals surface area contributed by atoms with E-state index in [1.165, 1.54) is 12.3 Å². The van der Waals surface area contributed by atoms with Crippen LogP contribution in [0.2, 0.25) is 0 Å². The molecule has 0 saturated carbocycles. The number of ether oxygens (including phenoxy) is 1. The van der Waals surface area contributed by atoms with Crippen LogP contribution in [0.4, 0.5) is 4.39 Å². The van der Waals surface area contributed by atoms with Crippen LogP contribution in [0, 0.1) is 5.82 Å². The molecular weight excluding hydrogens is 305 g/mol. The first-order chi connectivity index (χ1) is 11.7. The Labute approximate surface area is 138 Å². The highest BCUT2D eigenvalue weighted by molar-refractivity contribution is 5.89. The second-order valence-electron chi connectivity index (χ2n) is 5.49. The molecule has 0 unspecified atom stereocenters. The van der Waals surface area contributed by atoms with E-state index in [1.54, 1.807) is 25.7 Å². The summed E-state index contributed by atoms with van der Waals surface area (Å²) in [5, 5.41) is 1.04. The van der Waals surface area contributed by atoms with E-state index in [-0.39, 0.29) is 5.82 Å². The van der Waals surface area contributed by atoms with Crippen LogP contribution in [0.25, 0.3) is 33.3 Å². The van der Waals surface area contributed by atoms with Crippen molar-refractivity contribution in [2.75, 3.05) is 7.11 Å². The van der Waals surface area contributed by atoms with E-state index in [1.807, 2.05) is 24.3 Å². The molecule has 0 spiro atoms. The Hall–Kier alpha value is -3.21. The zero-order chi connectivity index (χ0) is 16.5. The van der Waals surface area contributed by atoms with Gasteiger partial charge in [-0.3, -0.25) is 9.97 Å². The maximum absolute atomic E-state index is 13.4. The van der Waals surface area contributed by atoms with Crippen LogP contribution < -0.4 is 4.74 Å². The van der Waals surface area contributed by atoms with Gasteiger partial charge in [-0.15, -0.1) is 0 Å². The quantitative estimate of drug-likeness (QED) is 0.607. The van der Waals surface area contributed by atoms with E-state index < -0.39 is 0 Å². The summed E-state index contributed by atoms with van der Waals surface area (Å²) >= 11 is 0. The van der Waals surface area contributed by atoms with Crippen LogP contribution in [0.1, 0.15) is 0 Å². The number of rotatable bonds is 3. The summed E-state index contributed by atoms with van der Waals surface area (Å²) in [6.07, 6.45) is 6.31. The van der Waals surface area contributed by atoms with Gasteiger partial charge in [-0.2, -0.15) is 0 Å². The molecule has 4 nitrogen and oxygen atoms in total. The number of aromatic amines is 1. The summed E-state index contributed by atoms with van der Waals surface area (Å²) in [6.45, 7) is 0. The van der Waals surface area contributed by atoms with Crippen LogP contribution in [0.3, 0.4) is 0 Å².